The third kappa shape index (κ3) is 5.49. The first-order chi connectivity index (χ1) is 11.6. The highest BCUT2D eigenvalue weighted by Crippen LogP contribution is 2.29. The van der Waals surface area contributed by atoms with Gasteiger partial charge in [0.1, 0.15) is 0 Å². The van der Waals surface area contributed by atoms with E-state index in [0.717, 1.165) is 41.4 Å². The molecular weight excluding hydrogens is 302 g/mol. The van der Waals surface area contributed by atoms with Crippen molar-refractivity contribution in [2.24, 2.45) is 0 Å². The van der Waals surface area contributed by atoms with Crippen molar-refractivity contribution >= 4 is 0 Å². The molecule has 1 aromatic carbocycles. The van der Waals surface area contributed by atoms with Gasteiger partial charge in [-0.25, -0.2) is 0 Å². The summed E-state index contributed by atoms with van der Waals surface area (Å²) in [6, 6.07) is 6.09. The third-order valence-electron chi connectivity index (χ3n) is 3.68. The number of ether oxygens (including phenoxy) is 2. The third-order valence-corrected chi connectivity index (χ3v) is 3.68. The highest BCUT2D eigenvalue weighted by molar-refractivity contribution is 5.43. The first kappa shape index (κ1) is 18.2. The number of hydrogen-bond acceptors (Lipinski definition) is 5. The molecule has 24 heavy (non-hydrogen) atoms. The Morgan fingerprint density at radius 3 is 2.58 bits per heavy atom. The van der Waals surface area contributed by atoms with E-state index in [1.54, 1.807) is 12.4 Å². The molecule has 0 aliphatic heterocycles. The van der Waals surface area contributed by atoms with Crippen LogP contribution in [0.5, 0.6) is 11.5 Å². The van der Waals surface area contributed by atoms with Crippen molar-refractivity contribution in [2.45, 2.75) is 53.3 Å². The van der Waals surface area contributed by atoms with Gasteiger partial charge < -0.3 is 14.8 Å². The molecule has 1 aromatic heterocycles. The number of nitrogens with zero attached hydrogens (tertiary/aromatic N) is 2. The Balaban J connectivity index is 1.97. The van der Waals surface area contributed by atoms with Crippen LogP contribution < -0.4 is 14.8 Å². The summed E-state index contributed by atoms with van der Waals surface area (Å²) < 4.78 is 11.6. The van der Waals surface area contributed by atoms with Crippen LogP contribution in [0.2, 0.25) is 0 Å². The van der Waals surface area contributed by atoms with Crippen LogP contribution in [-0.2, 0) is 13.1 Å². The first-order valence-corrected chi connectivity index (χ1v) is 8.53. The molecule has 0 saturated carbocycles. The Hall–Kier alpha value is -2.14. The predicted molar refractivity (Wildman–Crippen MR) is 95.3 cm³/mol. The van der Waals surface area contributed by atoms with Gasteiger partial charge in [0.05, 0.1) is 24.1 Å². The van der Waals surface area contributed by atoms with E-state index in [4.69, 9.17) is 9.47 Å². The molecule has 0 saturated heterocycles. The quantitative estimate of drug-likeness (QED) is 0.761. The Morgan fingerprint density at radius 1 is 1.08 bits per heavy atom. The van der Waals surface area contributed by atoms with Gasteiger partial charge in [-0.1, -0.05) is 13.0 Å². The van der Waals surface area contributed by atoms with Gasteiger partial charge in [-0.05, 0) is 44.9 Å². The smallest absolute Gasteiger partial charge is 0.161 e. The second-order valence-corrected chi connectivity index (χ2v) is 5.80. The molecule has 2 aromatic rings. The van der Waals surface area contributed by atoms with Crippen molar-refractivity contribution in [1.29, 1.82) is 0 Å². The van der Waals surface area contributed by atoms with Crippen LogP contribution in [0.15, 0.2) is 30.6 Å². The van der Waals surface area contributed by atoms with E-state index >= 15 is 0 Å². The Labute approximate surface area is 144 Å². The molecule has 0 aliphatic rings. The highest BCUT2D eigenvalue weighted by atomic mass is 16.5. The van der Waals surface area contributed by atoms with Crippen LogP contribution in [0.25, 0.3) is 0 Å². The number of hydrogen-bond donors (Lipinski definition) is 1. The maximum Gasteiger partial charge on any atom is 0.161 e. The van der Waals surface area contributed by atoms with E-state index in [9.17, 15) is 0 Å². The van der Waals surface area contributed by atoms with Crippen LogP contribution in [0, 0.1) is 6.92 Å². The average molecular weight is 329 g/mol. The van der Waals surface area contributed by atoms with Gasteiger partial charge in [0.2, 0.25) is 0 Å². The molecule has 0 spiro atoms. The van der Waals surface area contributed by atoms with Gasteiger partial charge in [-0.3, -0.25) is 9.97 Å². The Morgan fingerprint density at radius 2 is 1.92 bits per heavy atom. The van der Waals surface area contributed by atoms with Crippen LogP contribution in [0.3, 0.4) is 0 Å². The SMILES string of the molecule is CCOc1cc(CNCc2cnc(C)cn2)ccc1O[C@@H](C)CC. The van der Waals surface area contributed by atoms with Crippen LogP contribution >= 0.6 is 0 Å². The molecule has 0 unspecified atom stereocenters. The van der Waals surface area contributed by atoms with Crippen molar-refractivity contribution in [2.75, 3.05) is 6.61 Å². The predicted octanol–water partition coefficient (Wildman–Crippen LogP) is 3.65. The van der Waals surface area contributed by atoms with Crippen molar-refractivity contribution in [3.63, 3.8) is 0 Å². The lowest BCUT2D eigenvalue weighted by Gasteiger charge is -2.17. The number of aryl methyl sites for hydroxylation is 1. The molecule has 130 valence electrons. The van der Waals surface area contributed by atoms with Crippen molar-refractivity contribution in [1.82, 2.24) is 15.3 Å². The lowest BCUT2D eigenvalue weighted by molar-refractivity contribution is 0.203. The summed E-state index contributed by atoms with van der Waals surface area (Å²) in [6.07, 6.45) is 4.72. The average Bonchev–Trinajstić information content (AvgIpc) is 2.59. The molecule has 0 amide bonds. The Kier molecular flexibility index (Phi) is 7.00. The summed E-state index contributed by atoms with van der Waals surface area (Å²) in [5.41, 5.74) is 3.01. The summed E-state index contributed by atoms with van der Waals surface area (Å²) in [4.78, 5) is 8.59. The lowest BCUT2D eigenvalue weighted by atomic mass is 10.2. The fourth-order valence-electron chi connectivity index (χ4n) is 2.17. The zero-order chi connectivity index (χ0) is 17.4. The number of aromatic nitrogens is 2. The number of rotatable bonds is 9. The minimum atomic E-state index is 0.174. The molecule has 5 nitrogen and oxygen atoms in total. The topological polar surface area (TPSA) is 56.3 Å². The van der Waals surface area contributed by atoms with Gasteiger partial charge in [-0.15, -0.1) is 0 Å². The number of nitrogens with one attached hydrogen (secondary N) is 1. The second kappa shape index (κ2) is 9.23. The van der Waals surface area contributed by atoms with Crippen LogP contribution in [-0.4, -0.2) is 22.7 Å². The summed E-state index contributed by atoms with van der Waals surface area (Å²) in [6.45, 7) is 10.1. The molecule has 0 radical (unpaired) electrons. The minimum absolute atomic E-state index is 0.174. The molecule has 1 N–H and O–H groups in total. The van der Waals surface area contributed by atoms with E-state index in [1.807, 2.05) is 26.0 Å². The molecule has 2 rings (SSSR count). The van der Waals surface area contributed by atoms with E-state index in [0.29, 0.717) is 13.2 Å². The molecule has 0 bridgehead atoms. The molecule has 5 heteroatoms. The van der Waals surface area contributed by atoms with E-state index in [-0.39, 0.29) is 6.10 Å². The maximum atomic E-state index is 5.92. The number of benzene rings is 1. The van der Waals surface area contributed by atoms with Crippen molar-refractivity contribution in [3.8, 4) is 11.5 Å². The first-order valence-electron chi connectivity index (χ1n) is 8.53. The fraction of sp³-hybridized carbons (Fsp3) is 0.474. The Bertz CT molecular complexity index is 629. The van der Waals surface area contributed by atoms with Crippen molar-refractivity contribution < 1.29 is 9.47 Å². The summed E-state index contributed by atoms with van der Waals surface area (Å²) >= 11 is 0. The molecule has 0 aliphatic carbocycles. The van der Waals surface area contributed by atoms with Gasteiger partial charge in [0, 0.05) is 25.5 Å². The lowest BCUT2D eigenvalue weighted by Crippen LogP contribution is -2.15. The largest absolute Gasteiger partial charge is 0.490 e. The second-order valence-electron chi connectivity index (χ2n) is 5.80. The maximum absolute atomic E-state index is 5.92. The zero-order valence-corrected chi connectivity index (χ0v) is 15.0. The summed E-state index contributed by atoms with van der Waals surface area (Å²) in [5, 5.41) is 3.38. The van der Waals surface area contributed by atoms with Gasteiger partial charge in [0.25, 0.3) is 0 Å². The normalized spacial score (nSPS) is 12.0. The standard InChI is InChI=1S/C19H27N3O2/c1-5-15(4)24-18-8-7-16(9-19(18)23-6-2)11-20-12-17-13-21-14(3)10-22-17/h7-10,13,15,20H,5-6,11-12H2,1-4H3/t15-/m0/s1. The molecular formula is C19H27N3O2. The fourth-order valence-corrected chi connectivity index (χ4v) is 2.17. The van der Waals surface area contributed by atoms with E-state index < -0.39 is 0 Å². The molecule has 1 heterocycles. The highest BCUT2D eigenvalue weighted by Gasteiger charge is 2.09. The van der Waals surface area contributed by atoms with Crippen molar-refractivity contribution in [3.05, 3.63) is 47.5 Å². The van der Waals surface area contributed by atoms with Gasteiger partial charge >= 0.3 is 0 Å². The molecule has 1 atom stereocenters. The summed E-state index contributed by atoms with van der Waals surface area (Å²) in [5.74, 6) is 1.60. The van der Waals surface area contributed by atoms with Gasteiger partial charge in [0.15, 0.2) is 11.5 Å². The van der Waals surface area contributed by atoms with E-state index in [1.165, 1.54) is 0 Å². The van der Waals surface area contributed by atoms with Crippen LogP contribution in [0.1, 0.15) is 44.1 Å². The minimum Gasteiger partial charge on any atom is -0.490 e. The summed E-state index contributed by atoms with van der Waals surface area (Å²) in [7, 11) is 0. The molecule has 0 fully saturated rings. The zero-order valence-electron chi connectivity index (χ0n) is 15.0. The van der Waals surface area contributed by atoms with Crippen LogP contribution in [0.4, 0.5) is 0 Å². The monoisotopic (exact) mass is 329 g/mol. The van der Waals surface area contributed by atoms with E-state index in [2.05, 4.69) is 35.2 Å². The van der Waals surface area contributed by atoms with Gasteiger partial charge in [-0.2, -0.15) is 0 Å².